The van der Waals surface area contributed by atoms with Crippen LogP contribution in [0.3, 0.4) is 0 Å². The van der Waals surface area contributed by atoms with E-state index in [-0.39, 0.29) is 4.90 Å². The number of rotatable bonds is 4. The number of amides is 2. The highest BCUT2D eigenvalue weighted by atomic mass is 35.5. The number of anilines is 2. The fourth-order valence-corrected chi connectivity index (χ4v) is 3.25. The molecule has 0 bridgehead atoms. The molecule has 0 saturated heterocycles. The summed E-state index contributed by atoms with van der Waals surface area (Å²) < 4.78 is 25.7. The highest BCUT2D eigenvalue weighted by molar-refractivity contribution is 7.89. The van der Waals surface area contributed by atoms with Gasteiger partial charge in [0.1, 0.15) is 0 Å². The van der Waals surface area contributed by atoms with Gasteiger partial charge in [-0.05, 0) is 48.9 Å². The number of sulfonamides is 1. The molecule has 0 saturated carbocycles. The monoisotopic (exact) mass is 367 g/mol. The predicted octanol–water partition coefficient (Wildman–Crippen LogP) is 3.54. The lowest BCUT2D eigenvalue weighted by atomic mass is 10.2. The third-order valence-corrected chi connectivity index (χ3v) is 5.52. The van der Waals surface area contributed by atoms with Crippen molar-refractivity contribution in [3.05, 3.63) is 53.1 Å². The van der Waals surface area contributed by atoms with E-state index in [2.05, 4.69) is 10.6 Å². The molecule has 24 heavy (non-hydrogen) atoms. The molecule has 0 aliphatic rings. The van der Waals surface area contributed by atoms with Crippen LogP contribution in [0, 0.1) is 6.92 Å². The second-order valence-corrected chi connectivity index (χ2v) is 7.91. The van der Waals surface area contributed by atoms with Crippen LogP contribution in [0.4, 0.5) is 16.2 Å². The molecule has 0 heterocycles. The summed E-state index contributed by atoms with van der Waals surface area (Å²) in [5, 5.41) is 5.83. The maximum absolute atomic E-state index is 12.3. The van der Waals surface area contributed by atoms with Gasteiger partial charge in [0.05, 0.1) is 4.90 Å². The van der Waals surface area contributed by atoms with Crippen molar-refractivity contribution >= 4 is 39.0 Å². The van der Waals surface area contributed by atoms with Crippen molar-refractivity contribution in [1.29, 1.82) is 0 Å². The molecular formula is C16H18ClN3O3S. The standard InChI is InChI=1S/C16H18ClN3O3S/c1-11-4-7-14(10-15(11)24(22,23)20(2)3)19-16(21)18-13-8-5-12(17)6-9-13/h4-10H,1-3H3,(H2,18,19,21). The van der Waals surface area contributed by atoms with E-state index in [9.17, 15) is 13.2 Å². The molecule has 0 fully saturated rings. The molecule has 2 aromatic rings. The number of hydrogen-bond acceptors (Lipinski definition) is 3. The molecule has 0 aliphatic carbocycles. The SMILES string of the molecule is Cc1ccc(NC(=O)Nc2ccc(Cl)cc2)cc1S(=O)(=O)N(C)C. The summed E-state index contributed by atoms with van der Waals surface area (Å²) in [6, 6.07) is 10.9. The smallest absolute Gasteiger partial charge is 0.308 e. The molecular weight excluding hydrogens is 350 g/mol. The zero-order valence-electron chi connectivity index (χ0n) is 13.5. The van der Waals surface area contributed by atoms with Gasteiger partial charge in [0.25, 0.3) is 0 Å². The first-order valence-electron chi connectivity index (χ1n) is 7.07. The molecule has 2 aromatic carbocycles. The Morgan fingerprint density at radius 1 is 1.00 bits per heavy atom. The molecule has 2 N–H and O–H groups in total. The Morgan fingerprint density at radius 2 is 1.54 bits per heavy atom. The number of aryl methyl sites for hydroxylation is 1. The first-order valence-corrected chi connectivity index (χ1v) is 8.88. The van der Waals surface area contributed by atoms with Crippen LogP contribution in [-0.4, -0.2) is 32.8 Å². The number of nitrogens with one attached hydrogen (secondary N) is 2. The Hall–Kier alpha value is -2.09. The van der Waals surface area contributed by atoms with E-state index in [0.717, 1.165) is 4.31 Å². The molecule has 128 valence electrons. The van der Waals surface area contributed by atoms with Crippen molar-refractivity contribution < 1.29 is 13.2 Å². The molecule has 0 atom stereocenters. The summed E-state index contributed by atoms with van der Waals surface area (Å²) in [6.07, 6.45) is 0. The number of carbonyl (C=O) groups is 1. The average molecular weight is 368 g/mol. The Balaban J connectivity index is 2.18. The van der Waals surface area contributed by atoms with Crippen molar-refractivity contribution in [3.8, 4) is 0 Å². The van der Waals surface area contributed by atoms with Crippen LogP contribution >= 0.6 is 11.6 Å². The third kappa shape index (κ3) is 4.25. The zero-order valence-corrected chi connectivity index (χ0v) is 15.1. The van der Waals surface area contributed by atoms with Crippen LogP contribution in [0.15, 0.2) is 47.4 Å². The highest BCUT2D eigenvalue weighted by Crippen LogP contribution is 2.22. The van der Waals surface area contributed by atoms with Crippen LogP contribution in [0.5, 0.6) is 0 Å². The van der Waals surface area contributed by atoms with Gasteiger partial charge in [0.15, 0.2) is 0 Å². The Kier molecular flexibility index (Phi) is 5.48. The predicted molar refractivity (Wildman–Crippen MR) is 96.1 cm³/mol. The van der Waals surface area contributed by atoms with E-state index in [1.165, 1.54) is 20.2 Å². The summed E-state index contributed by atoms with van der Waals surface area (Å²) in [7, 11) is -0.662. The molecule has 6 nitrogen and oxygen atoms in total. The van der Waals surface area contributed by atoms with Gasteiger partial charge in [-0.2, -0.15) is 0 Å². The highest BCUT2D eigenvalue weighted by Gasteiger charge is 2.20. The Labute approximate surface area is 146 Å². The molecule has 2 amide bonds. The minimum absolute atomic E-state index is 0.150. The van der Waals surface area contributed by atoms with Gasteiger partial charge in [-0.15, -0.1) is 0 Å². The van der Waals surface area contributed by atoms with E-state index in [4.69, 9.17) is 11.6 Å². The van der Waals surface area contributed by atoms with E-state index in [1.54, 1.807) is 43.3 Å². The van der Waals surface area contributed by atoms with Crippen molar-refractivity contribution in [2.45, 2.75) is 11.8 Å². The van der Waals surface area contributed by atoms with Crippen LogP contribution in [0.2, 0.25) is 5.02 Å². The van der Waals surface area contributed by atoms with Gasteiger partial charge in [-0.3, -0.25) is 0 Å². The summed E-state index contributed by atoms with van der Waals surface area (Å²) in [5.74, 6) is 0. The van der Waals surface area contributed by atoms with E-state index >= 15 is 0 Å². The van der Waals surface area contributed by atoms with Crippen LogP contribution in [-0.2, 0) is 10.0 Å². The fraction of sp³-hybridized carbons (Fsp3) is 0.188. The van der Waals surface area contributed by atoms with E-state index in [0.29, 0.717) is 22.0 Å². The minimum Gasteiger partial charge on any atom is -0.308 e. The van der Waals surface area contributed by atoms with Gasteiger partial charge in [-0.1, -0.05) is 17.7 Å². The number of nitrogens with zero attached hydrogens (tertiary/aromatic N) is 1. The lowest BCUT2D eigenvalue weighted by Gasteiger charge is -2.15. The molecule has 0 unspecified atom stereocenters. The lowest BCUT2D eigenvalue weighted by molar-refractivity contribution is 0.262. The number of benzene rings is 2. The number of hydrogen-bond donors (Lipinski definition) is 2. The molecule has 2 rings (SSSR count). The van der Waals surface area contributed by atoms with Gasteiger partial charge in [-0.25, -0.2) is 17.5 Å². The van der Waals surface area contributed by atoms with E-state index in [1.807, 2.05) is 0 Å². The minimum atomic E-state index is -3.58. The maximum Gasteiger partial charge on any atom is 0.323 e. The van der Waals surface area contributed by atoms with Crippen molar-refractivity contribution in [2.24, 2.45) is 0 Å². The fourth-order valence-electron chi connectivity index (χ4n) is 1.98. The molecule has 0 aliphatic heterocycles. The average Bonchev–Trinajstić information content (AvgIpc) is 2.51. The van der Waals surface area contributed by atoms with E-state index < -0.39 is 16.1 Å². The molecule has 0 aromatic heterocycles. The molecule has 0 spiro atoms. The normalized spacial score (nSPS) is 11.4. The van der Waals surface area contributed by atoms with Gasteiger partial charge in [0.2, 0.25) is 10.0 Å². The second-order valence-electron chi connectivity index (χ2n) is 5.35. The van der Waals surface area contributed by atoms with Crippen LogP contribution in [0.25, 0.3) is 0 Å². The third-order valence-electron chi connectivity index (χ3n) is 3.31. The summed E-state index contributed by atoms with van der Waals surface area (Å²) >= 11 is 5.79. The van der Waals surface area contributed by atoms with Crippen molar-refractivity contribution in [1.82, 2.24) is 4.31 Å². The van der Waals surface area contributed by atoms with Crippen molar-refractivity contribution in [2.75, 3.05) is 24.7 Å². The lowest BCUT2D eigenvalue weighted by Crippen LogP contribution is -2.24. The first-order chi connectivity index (χ1) is 11.2. The van der Waals surface area contributed by atoms with Gasteiger partial charge < -0.3 is 10.6 Å². The number of urea groups is 1. The summed E-state index contributed by atoms with van der Waals surface area (Å²) in [4.78, 5) is 12.2. The molecule has 8 heteroatoms. The Morgan fingerprint density at radius 3 is 2.12 bits per heavy atom. The quantitative estimate of drug-likeness (QED) is 0.867. The summed E-state index contributed by atoms with van der Waals surface area (Å²) in [6.45, 7) is 1.70. The van der Waals surface area contributed by atoms with Crippen LogP contribution in [0.1, 0.15) is 5.56 Å². The van der Waals surface area contributed by atoms with Crippen molar-refractivity contribution in [3.63, 3.8) is 0 Å². The van der Waals surface area contributed by atoms with Gasteiger partial charge >= 0.3 is 6.03 Å². The Bertz CT molecular complexity index is 849. The second kappa shape index (κ2) is 7.21. The number of carbonyl (C=O) groups excluding carboxylic acids is 1. The topological polar surface area (TPSA) is 78.5 Å². The number of halogens is 1. The zero-order chi connectivity index (χ0) is 17.9. The maximum atomic E-state index is 12.3. The largest absolute Gasteiger partial charge is 0.323 e. The first kappa shape index (κ1) is 18.3. The summed E-state index contributed by atoms with van der Waals surface area (Å²) in [5.41, 5.74) is 1.56. The molecule has 0 radical (unpaired) electrons. The van der Waals surface area contributed by atoms with Gasteiger partial charge in [0, 0.05) is 30.5 Å². The van der Waals surface area contributed by atoms with Crippen LogP contribution < -0.4 is 10.6 Å².